The van der Waals surface area contributed by atoms with Crippen LogP contribution in [0.4, 0.5) is 4.39 Å². The van der Waals surface area contributed by atoms with Gasteiger partial charge in [0.2, 0.25) is 0 Å². The molecule has 3 rings (SSSR count). The molecule has 0 unspecified atom stereocenters. The highest BCUT2D eigenvalue weighted by Crippen LogP contribution is 2.43. The molecule has 1 atom stereocenters. The molecule has 0 bridgehead atoms. The number of benzene rings is 1. The van der Waals surface area contributed by atoms with Crippen molar-refractivity contribution in [2.45, 2.75) is 38.1 Å². The van der Waals surface area contributed by atoms with E-state index in [2.05, 4.69) is 10.2 Å². The standard InChI is InChI=1S/C17H24ClFN2O.2ClH/c18-15-11-13(19)10-14(17(15)22)16(12-4-2-1-3-5-12)21-8-6-20-7-9-21;;/h10-12,16,20,22H,1-9H2;2*1H/t16-;;/m0../s1. The average molecular weight is 400 g/mol. The number of phenolic OH excluding ortho intramolecular Hbond substituents is 1. The van der Waals surface area contributed by atoms with Gasteiger partial charge < -0.3 is 10.4 Å². The Bertz CT molecular complexity index is 503. The first-order valence-corrected chi connectivity index (χ1v) is 8.67. The Labute approximate surface area is 160 Å². The maximum atomic E-state index is 13.9. The summed E-state index contributed by atoms with van der Waals surface area (Å²) in [7, 11) is 0. The van der Waals surface area contributed by atoms with Crippen molar-refractivity contribution in [3.05, 3.63) is 28.5 Å². The Balaban J connectivity index is 0.00000144. The summed E-state index contributed by atoms with van der Waals surface area (Å²) in [6, 6.07) is 2.73. The molecule has 1 aliphatic carbocycles. The summed E-state index contributed by atoms with van der Waals surface area (Å²) in [4.78, 5) is 2.39. The van der Waals surface area contributed by atoms with E-state index in [0.29, 0.717) is 11.5 Å². The molecule has 24 heavy (non-hydrogen) atoms. The van der Waals surface area contributed by atoms with E-state index in [1.54, 1.807) is 0 Å². The van der Waals surface area contributed by atoms with Crippen LogP contribution >= 0.6 is 36.4 Å². The van der Waals surface area contributed by atoms with Gasteiger partial charge in [0.25, 0.3) is 0 Å². The van der Waals surface area contributed by atoms with Crippen LogP contribution in [0.2, 0.25) is 5.02 Å². The number of hydrogen-bond donors (Lipinski definition) is 2. The van der Waals surface area contributed by atoms with Crippen molar-refractivity contribution < 1.29 is 9.50 Å². The fraction of sp³-hybridized carbons (Fsp3) is 0.647. The van der Waals surface area contributed by atoms with E-state index in [1.807, 2.05) is 0 Å². The van der Waals surface area contributed by atoms with Gasteiger partial charge in [-0.15, -0.1) is 24.8 Å². The summed E-state index contributed by atoms with van der Waals surface area (Å²) in [5.74, 6) is 0.154. The van der Waals surface area contributed by atoms with Crippen LogP contribution in [0.1, 0.15) is 43.7 Å². The molecule has 1 saturated heterocycles. The number of nitrogens with one attached hydrogen (secondary N) is 1. The van der Waals surface area contributed by atoms with Gasteiger partial charge in [-0.1, -0.05) is 30.9 Å². The lowest BCUT2D eigenvalue weighted by Crippen LogP contribution is -2.47. The summed E-state index contributed by atoms with van der Waals surface area (Å²) in [6.07, 6.45) is 6.00. The predicted octanol–water partition coefficient (Wildman–Crippen LogP) is 4.55. The minimum Gasteiger partial charge on any atom is -0.506 e. The number of piperazine rings is 1. The molecule has 0 spiro atoms. The van der Waals surface area contributed by atoms with Crippen LogP contribution < -0.4 is 5.32 Å². The summed E-state index contributed by atoms with van der Waals surface area (Å²) in [6.45, 7) is 3.73. The lowest BCUT2D eigenvalue weighted by Gasteiger charge is -2.41. The fourth-order valence-corrected chi connectivity index (χ4v) is 4.18. The highest BCUT2D eigenvalue weighted by Gasteiger charge is 2.33. The van der Waals surface area contributed by atoms with Gasteiger partial charge in [-0.25, -0.2) is 4.39 Å². The molecule has 2 fully saturated rings. The second kappa shape index (κ2) is 10.0. The van der Waals surface area contributed by atoms with Crippen molar-refractivity contribution in [2.24, 2.45) is 5.92 Å². The fourth-order valence-electron chi connectivity index (χ4n) is 3.97. The topological polar surface area (TPSA) is 35.5 Å². The van der Waals surface area contributed by atoms with Crippen molar-refractivity contribution in [3.8, 4) is 5.75 Å². The van der Waals surface area contributed by atoms with Crippen molar-refractivity contribution in [1.29, 1.82) is 0 Å². The van der Waals surface area contributed by atoms with Crippen molar-refractivity contribution in [2.75, 3.05) is 26.2 Å². The Morgan fingerprint density at radius 3 is 2.38 bits per heavy atom. The summed E-state index contributed by atoms with van der Waals surface area (Å²) in [5, 5.41) is 13.9. The molecule has 1 heterocycles. The predicted molar refractivity (Wildman–Crippen MR) is 101 cm³/mol. The van der Waals surface area contributed by atoms with Gasteiger partial charge >= 0.3 is 0 Å². The van der Waals surface area contributed by atoms with Gasteiger partial charge in [0.15, 0.2) is 0 Å². The van der Waals surface area contributed by atoms with Gasteiger partial charge in [-0.3, -0.25) is 4.90 Å². The number of hydrogen-bond acceptors (Lipinski definition) is 3. The molecule has 1 aromatic carbocycles. The number of rotatable bonds is 3. The summed E-state index contributed by atoms with van der Waals surface area (Å²) >= 11 is 6.02. The van der Waals surface area contributed by atoms with E-state index in [4.69, 9.17) is 11.6 Å². The zero-order valence-electron chi connectivity index (χ0n) is 13.6. The van der Waals surface area contributed by atoms with Crippen LogP contribution in [-0.2, 0) is 0 Å². The minimum absolute atomic E-state index is 0. The third-order valence-corrected chi connectivity index (χ3v) is 5.31. The SMILES string of the molecule is Cl.Cl.Oc1c(Cl)cc(F)cc1[C@H](C1CCCCC1)N1CCNCC1. The average Bonchev–Trinajstić information content (AvgIpc) is 2.54. The largest absolute Gasteiger partial charge is 0.506 e. The van der Waals surface area contributed by atoms with E-state index in [0.717, 1.165) is 39.0 Å². The summed E-state index contributed by atoms with van der Waals surface area (Å²) in [5.41, 5.74) is 0.666. The molecule has 1 aromatic rings. The Morgan fingerprint density at radius 1 is 1.12 bits per heavy atom. The molecular weight excluding hydrogens is 374 g/mol. The first-order valence-electron chi connectivity index (χ1n) is 8.29. The molecule has 138 valence electrons. The van der Waals surface area contributed by atoms with E-state index in [-0.39, 0.29) is 47.4 Å². The molecular formula is C17H26Cl3FN2O. The second-order valence-corrected chi connectivity index (χ2v) is 6.86. The third-order valence-electron chi connectivity index (χ3n) is 5.02. The van der Waals surface area contributed by atoms with E-state index in [1.165, 1.54) is 31.4 Å². The van der Waals surface area contributed by atoms with Gasteiger partial charge in [0.1, 0.15) is 11.6 Å². The molecule has 2 aliphatic rings. The smallest absolute Gasteiger partial charge is 0.139 e. The van der Waals surface area contributed by atoms with Gasteiger partial charge in [-0.05, 0) is 30.9 Å². The molecule has 3 nitrogen and oxygen atoms in total. The van der Waals surface area contributed by atoms with Gasteiger partial charge in [-0.2, -0.15) is 0 Å². The highest BCUT2D eigenvalue weighted by atomic mass is 35.5. The Hall–Kier alpha value is -0.260. The van der Waals surface area contributed by atoms with Crippen LogP contribution in [-0.4, -0.2) is 36.2 Å². The maximum Gasteiger partial charge on any atom is 0.139 e. The van der Waals surface area contributed by atoms with Gasteiger partial charge in [0.05, 0.1) is 5.02 Å². The van der Waals surface area contributed by atoms with Crippen LogP contribution in [0, 0.1) is 11.7 Å². The Kier molecular flexibility index (Phi) is 9.10. The molecule has 0 radical (unpaired) electrons. The van der Waals surface area contributed by atoms with Crippen LogP contribution in [0.3, 0.4) is 0 Å². The van der Waals surface area contributed by atoms with Crippen LogP contribution in [0.15, 0.2) is 12.1 Å². The van der Waals surface area contributed by atoms with E-state index < -0.39 is 0 Å². The first kappa shape index (κ1) is 21.8. The van der Waals surface area contributed by atoms with Crippen LogP contribution in [0.5, 0.6) is 5.75 Å². The second-order valence-electron chi connectivity index (χ2n) is 6.45. The quantitative estimate of drug-likeness (QED) is 0.782. The van der Waals surface area contributed by atoms with Crippen molar-refractivity contribution in [1.82, 2.24) is 10.2 Å². The van der Waals surface area contributed by atoms with Crippen molar-refractivity contribution in [3.63, 3.8) is 0 Å². The monoisotopic (exact) mass is 398 g/mol. The molecule has 1 aliphatic heterocycles. The molecule has 2 N–H and O–H groups in total. The number of phenols is 1. The van der Waals surface area contributed by atoms with E-state index in [9.17, 15) is 9.50 Å². The molecule has 0 aromatic heterocycles. The Morgan fingerprint density at radius 2 is 1.75 bits per heavy atom. The summed E-state index contributed by atoms with van der Waals surface area (Å²) < 4.78 is 13.9. The zero-order valence-corrected chi connectivity index (χ0v) is 16.0. The lowest BCUT2D eigenvalue weighted by molar-refractivity contribution is 0.101. The maximum absolute atomic E-state index is 13.9. The lowest BCUT2D eigenvalue weighted by atomic mass is 9.80. The molecule has 7 heteroatoms. The normalized spacial score (nSPS) is 20.8. The van der Waals surface area contributed by atoms with E-state index >= 15 is 0 Å². The molecule has 0 amide bonds. The third kappa shape index (κ3) is 4.89. The molecule has 1 saturated carbocycles. The van der Waals surface area contributed by atoms with Crippen molar-refractivity contribution >= 4 is 36.4 Å². The van der Waals surface area contributed by atoms with Gasteiger partial charge in [0, 0.05) is 37.8 Å². The number of halogens is 4. The number of nitrogens with zero attached hydrogens (tertiary/aromatic N) is 1. The number of aromatic hydroxyl groups is 1. The zero-order chi connectivity index (χ0) is 15.5. The van der Waals surface area contributed by atoms with Crippen LogP contribution in [0.25, 0.3) is 0 Å². The highest BCUT2D eigenvalue weighted by molar-refractivity contribution is 6.32. The minimum atomic E-state index is -0.367. The first-order chi connectivity index (χ1) is 10.7.